The van der Waals surface area contributed by atoms with E-state index < -0.39 is 59.3 Å². The smallest absolute Gasteiger partial charge is 0.303 e. The van der Waals surface area contributed by atoms with Crippen LogP contribution in [0.15, 0.2) is 54.6 Å². The number of rotatable bonds is 9. The number of nitrogens with two attached hydrogens (primary N) is 1. The van der Waals surface area contributed by atoms with E-state index in [0.717, 1.165) is 29.8 Å². The molecular formula is C35H30N6O10S. The van der Waals surface area contributed by atoms with Crippen LogP contribution in [0.5, 0.6) is 0 Å². The number of anilines is 3. The number of imide groups is 1. The lowest BCUT2D eigenvalue weighted by Gasteiger charge is -2.40. The number of ether oxygens (including phenoxy) is 3. The van der Waals surface area contributed by atoms with Gasteiger partial charge in [0.2, 0.25) is 6.10 Å². The molecule has 0 bridgehead atoms. The van der Waals surface area contributed by atoms with E-state index in [1.165, 1.54) is 36.1 Å². The maximum atomic E-state index is 13.9. The summed E-state index contributed by atoms with van der Waals surface area (Å²) >= 11 is 0.783. The lowest BCUT2D eigenvalue weighted by Crippen LogP contribution is -2.57. The van der Waals surface area contributed by atoms with Crippen molar-refractivity contribution in [3.8, 4) is 0 Å². The Bertz CT molecular complexity index is 2180. The van der Waals surface area contributed by atoms with Gasteiger partial charge in [0.15, 0.2) is 17.5 Å². The van der Waals surface area contributed by atoms with Gasteiger partial charge in [-0.05, 0) is 67.2 Å². The molecule has 7 rings (SSSR count). The number of esters is 2. The van der Waals surface area contributed by atoms with Crippen molar-refractivity contribution in [2.75, 3.05) is 28.3 Å². The third kappa shape index (κ3) is 5.82. The Labute approximate surface area is 299 Å². The molecule has 2 aromatic carbocycles. The largest absolute Gasteiger partial charge is 0.453 e. The first-order chi connectivity index (χ1) is 24.9. The summed E-state index contributed by atoms with van der Waals surface area (Å²) in [5, 5.41) is 2.78. The molecule has 2 aromatic heterocycles. The van der Waals surface area contributed by atoms with Gasteiger partial charge in [0.05, 0.1) is 45.9 Å². The van der Waals surface area contributed by atoms with E-state index in [1.54, 1.807) is 30.3 Å². The number of fused-ring (bicyclic) bond motifs is 2. The van der Waals surface area contributed by atoms with Gasteiger partial charge in [-0.25, -0.2) is 9.88 Å². The van der Waals surface area contributed by atoms with Crippen molar-refractivity contribution in [3.05, 3.63) is 77.0 Å². The van der Waals surface area contributed by atoms with E-state index in [2.05, 4.69) is 14.7 Å². The van der Waals surface area contributed by atoms with Crippen LogP contribution in [-0.4, -0.2) is 76.2 Å². The Hall–Kier alpha value is -6.07. The van der Waals surface area contributed by atoms with Gasteiger partial charge in [0.1, 0.15) is 5.82 Å². The molecular weight excluding hydrogens is 696 g/mol. The minimum absolute atomic E-state index is 0.0144. The fourth-order valence-electron chi connectivity index (χ4n) is 6.58. The Morgan fingerprint density at radius 1 is 0.981 bits per heavy atom. The first-order valence-electron chi connectivity index (χ1n) is 16.2. The summed E-state index contributed by atoms with van der Waals surface area (Å²) in [6, 6.07) is 14.1. The highest BCUT2D eigenvalue weighted by atomic mass is 32.1. The molecule has 17 heteroatoms. The standard InChI is InChI=1S/C35H30N6O10S/c1-17(42)50-26(27-34(48)40(15-16-49-27)24-10-5-9-23(38-24)35(13-6-14-35)51-18(2)43)31(45)37-22-12-11-21-28(25(22)29(36)44)52-39-30(21)41-32(46)19-7-3-4-8-20(19)33(41)47/h3-5,7-12,26-27H,6,13-16H2,1-2H3,(H2,36,44)(H,37,45)/t26-,27?/m1/s1. The predicted octanol–water partition coefficient (Wildman–Crippen LogP) is 2.84. The number of hydrogen-bond acceptors (Lipinski definition) is 13. The maximum absolute atomic E-state index is 13.9. The van der Waals surface area contributed by atoms with E-state index in [1.807, 2.05) is 0 Å². The molecule has 4 heterocycles. The molecule has 266 valence electrons. The molecule has 2 aliphatic heterocycles. The summed E-state index contributed by atoms with van der Waals surface area (Å²) in [4.78, 5) is 97.8. The molecule has 5 amide bonds. The maximum Gasteiger partial charge on any atom is 0.303 e. The summed E-state index contributed by atoms with van der Waals surface area (Å²) in [6.07, 6.45) is -1.46. The Morgan fingerprint density at radius 3 is 2.31 bits per heavy atom. The highest BCUT2D eigenvalue weighted by Gasteiger charge is 2.46. The van der Waals surface area contributed by atoms with Crippen molar-refractivity contribution < 1.29 is 47.8 Å². The van der Waals surface area contributed by atoms with Gasteiger partial charge in [-0.2, -0.15) is 4.37 Å². The van der Waals surface area contributed by atoms with Crippen LogP contribution in [0.3, 0.4) is 0 Å². The van der Waals surface area contributed by atoms with Gasteiger partial charge >= 0.3 is 11.9 Å². The van der Waals surface area contributed by atoms with Crippen LogP contribution >= 0.6 is 11.5 Å². The average molecular weight is 727 g/mol. The zero-order valence-electron chi connectivity index (χ0n) is 27.7. The van der Waals surface area contributed by atoms with Gasteiger partial charge in [0, 0.05) is 19.2 Å². The second kappa shape index (κ2) is 13.2. The van der Waals surface area contributed by atoms with Gasteiger partial charge < -0.3 is 25.3 Å². The van der Waals surface area contributed by atoms with E-state index in [4.69, 9.17) is 19.9 Å². The average Bonchev–Trinajstić information content (AvgIpc) is 3.62. The van der Waals surface area contributed by atoms with Crippen LogP contribution < -0.4 is 20.9 Å². The fraction of sp³-hybridized carbons (Fsp3) is 0.286. The minimum atomic E-state index is -1.82. The van der Waals surface area contributed by atoms with Crippen molar-refractivity contribution in [2.24, 2.45) is 5.73 Å². The molecule has 2 atom stereocenters. The summed E-state index contributed by atoms with van der Waals surface area (Å²) in [5.74, 6) is -5.02. The Kier molecular flexibility index (Phi) is 8.75. The number of nitrogens with zero attached hydrogens (tertiary/aromatic N) is 4. The number of pyridine rings is 1. The number of amides is 5. The van der Waals surface area contributed by atoms with Gasteiger partial charge in [0.25, 0.3) is 29.5 Å². The third-order valence-corrected chi connectivity index (χ3v) is 9.93. The Balaban J connectivity index is 1.17. The van der Waals surface area contributed by atoms with E-state index >= 15 is 0 Å². The lowest BCUT2D eigenvalue weighted by molar-refractivity contribution is -0.170. The van der Waals surface area contributed by atoms with E-state index in [9.17, 15) is 33.6 Å². The molecule has 3 aliphatic rings. The second-order valence-corrected chi connectivity index (χ2v) is 13.1. The van der Waals surface area contributed by atoms with Crippen molar-refractivity contribution in [1.29, 1.82) is 0 Å². The SMILES string of the molecule is CC(=O)O[C@@H](C(=O)Nc1ccc2c(N3C(=O)c4ccccc4C3=O)nsc2c1C(N)=O)C1OCCN(c2cccc(C3(OC(C)=O)CCC3)n2)C1=O. The molecule has 1 saturated heterocycles. The highest BCUT2D eigenvalue weighted by Crippen LogP contribution is 2.45. The molecule has 1 saturated carbocycles. The molecule has 16 nitrogen and oxygen atoms in total. The first-order valence-corrected chi connectivity index (χ1v) is 17.0. The van der Waals surface area contributed by atoms with Gasteiger partial charge in [-0.15, -0.1) is 0 Å². The van der Waals surface area contributed by atoms with Gasteiger partial charge in [-0.1, -0.05) is 18.2 Å². The Morgan fingerprint density at radius 2 is 1.69 bits per heavy atom. The van der Waals surface area contributed by atoms with Crippen LogP contribution in [0.1, 0.15) is 69.9 Å². The number of morpholine rings is 1. The number of aromatic nitrogens is 2. The molecule has 4 aromatic rings. The first kappa shape index (κ1) is 34.4. The van der Waals surface area contributed by atoms with Crippen molar-refractivity contribution in [1.82, 2.24) is 9.36 Å². The summed E-state index contributed by atoms with van der Waals surface area (Å²) in [7, 11) is 0. The summed E-state index contributed by atoms with van der Waals surface area (Å²) in [6.45, 7) is 2.38. The van der Waals surface area contributed by atoms with E-state index in [-0.39, 0.29) is 57.3 Å². The molecule has 3 N–H and O–H groups in total. The zero-order chi connectivity index (χ0) is 36.9. The number of hydrogen-bond donors (Lipinski definition) is 2. The fourth-order valence-corrected chi connectivity index (χ4v) is 7.50. The quantitative estimate of drug-likeness (QED) is 0.188. The molecule has 52 heavy (non-hydrogen) atoms. The van der Waals surface area contributed by atoms with Crippen LogP contribution in [0.25, 0.3) is 10.1 Å². The number of carbonyl (C=O) groups excluding carboxylic acids is 7. The molecule has 0 spiro atoms. The molecule has 0 radical (unpaired) electrons. The van der Waals surface area contributed by atoms with E-state index in [0.29, 0.717) is 18.5 Å². The summed E-state index contributed by atoms with van der Waals surface area (Å²) < 4.78 is 21.1. The molecule has 1 aliphatic carbocycles. The molecule has 2 fully saturated rings. The number of primary amides is 1. The van der Waals surface area contributed by atoms with Crippen molar-refractivity contribution >= 4 is 80.4 Å². The number of benzene rings is 2. The zero-order valence-corrected chi connectivity index (χ0v) is 28.6. The normalized spacial score (nSPS) is 18.4. The van der Waals surface area contributed by atoms with Crippen molar-refractivity contribution in [3.63, 3.8) is 0 Å². The minimum Gasteiger partial charge on any atom is -0.453 e. The number of carbonyl (C=O) groups is 7. The summed E-state index contributed by atoms with van der Waals surface area (Å²) in [5.41, 5.74) is 5.45. The van der Waals surface area contributed by atoms with Gasteiger partial charge in [-0.3, -0.25) is 38.5 Å². The molecule has 1 unspecified atom stereocenters. The predicted molar refractivity (Wildman–Crippen MR) is 184 cm³/mol. The third-order valence-electron chi connectivity index (χ3n) is 9.06. The van der Waals surface area contributed by atoms with Crippen LogP contribution in [0.4, 0.5) is 17.3 Å². The lowest BCUT2D eigenvalue weighted by atomic mass is 9.77. The second-order valence-electron chi connectivity index (χ2n) is 12.3. The van der Waals surface area contributed by atoms with Crippen LogP contribution in [-0.2, 0) is 39.0 Å². The number of nitrogens with one attached hydrogen (secondary N) is 1. The van der Waals surface area contributed by atoms with Crippen LogP contribution in [0.2, 0.25) is 0 Å². The monoisotopic (exact) mass is 726 g/mol. The van der Waals surface area contributed by atoms with Crippen LogP contribution in [0, 0.1) is 0 Å². The topological polar surface area (TPSA) is 217 Å². The van der Waals surface area contributed by atoms with Crippen molar-refractivity contribution in [2.45, 2.75) is 50.9 Å². The highest BCUT2D eigenvalue weighted by molar-refractivity contribution is 7.14.